The van der Waals surface area contributed by atoms with Crippen LogP contribution in [0.25, 0.3) is 11.1 Å². The maximum atomic E-state index is 12.4. The summed E-state index contributed by atoms with van der Waals surface area (Å²) in [5, 5.41) is 5.07. The second-order valence-corrected chi connectivity index (χ2v) is 6.97. The number of nitrogens with one attached hydrogen (secondary N) is 1. The van der Waals surface area contributed by atoms with Crippen LogP contribution in [0.15, 0.2) is 77.3 Å². The van der Waals surface area contributed by atoms with Crippen molar-refractivity contribution in [3.05, 3.63) is 88.4 Å². The Morgan fingerprint density at radius 3 is 2.08 bits per heavy atom. The molecule has 0 unspecified atom stereocenters. The van der Waals surface area contributed by atoms with Crippen LogP contribution in [0.5, 0.6) is 0 Å². The normalized spacial score (nSPS) is 12.5. The molecular weight excluding hydrogens is 376 g/mol. The number of halogens is 1. The van der Waals surface area contributed by atoms with Gasteiger partial charge in [-0.3, -0.25) is 4.79 Å². The van der Waals surface area contributed by atoms with Crippen molar-refractivity contribution in [2.24, 2.45) is 0 Å². The molecule has 4 rings (SSSR count). The van der Waals surface area contributed by atoms with Crippen LogP contribution in [0.4, 0.5) is 5.69 Å². The van der Waals surface area contributed by atoms with Gasteiger partial charge in [-0.15, -0.1) is 0 Å². The number of benzene rings is 3. The average molecular weight is 394 g/mol. The van der Waals surface area contributed by atoms with E-state index in [2.05, 4.69) is 75.1 Å². The summed E-state index contributed by atoms with van der Waals surface area (Å²) in [6.45, 7) is 0.370. The van der Waals surface area contributed by atoms with Crippen molar-refractivity contribution in [1.82, 2.24) is 0 Å². The zero-order chi connectivity index (χ0) is 17.2. The quantitative estimate of drug-likeness (QED) is 0.696. The van der Waals surface area contributed by atoms with Crippen molar-refractivity contribution in [3.8, 4) is 11.1 Å². The molecule has 124 valence electrons. The molecule has 0 saturated heterocycles. The van der Waals surface area contributed by atoms with E-state index in [1.54, 1.807) is 0 Å². The Balaban J connectivity index is 1.51. The Kier molecular flexibility index (Phi) is 4.38. The first-order valence-electron chi connectivity index (χ1n) is 8.30. The molecule has 0 heterocycles. The van der Waals surface area contributed by atoms with Gasteiger partial charge in [-0.05, 0) is 39.2 Å². The van der Waals surface area contributed by atoms with Gasteiger partial charge in [0.25, 0.3) is 5.91 Å². The maximum absolute atomic E-state index is 12.4. The monoisotopic (exact) mass is 393 g/mol. The lowest BCUT2D eigenvalue weighted by molar-refractivity contribution is -0.675. The Bertz CT molecular complexity index is 893. The molecule has 25 heavy (non-hydrogen) atoms. The van der Waals surface area contributed by atoms with E-state index in [0.29, 0.717) is 6.54 Å². The van der Waals surface area contributed by atoms with E-state index in [1.165, 1.54) is 22.3 Å². The van der Waals surface area contributed by atoms with Gasteiger partial charge in [0.05, 0.1) is 5.69 Å². The lowest BCUT2D eigenvalue weighted by Gasteiger charge is -2.13. The highest BCUT2D eigenvalue weighted by Gasteiger charge is 2.31. The number of carbonyl (C=O) groups is 1. The highest BCUT2D eigenvalue weighted by molar-refractivity contribution is 9.10. The van der Waals surface area contributed by atoms with Crippen LogP contribution in [-0.2, 0) is 4.79 Å². The summed E-state index contributed by atoms with van der Waals surface area (Å²) in [4.78, 5) is 12.4. The van der Waals surface area contributed by atoms with E-state index >= 15 is 0 Å². The Labute approximate surface area is 155 Å². The van der Waals surface area contributed by atoms with Gasteiger partial charge in [0.15, 0.2) is 6.54 Å². The molecule has 3 aromatic carbocycles. The molecule has 3 N–H and O–H groups in total. The topological polar surface area (TPSA) is 45.7 Å². The van der Waals surface area contributed by atoms with Crippen LogP contribution in [0.2, 0.25) is 0 Å². The Hall–Kier alpha value is -2.43. The molecule has 0 spiro atoms. The van der Waals surface area contributed by atoms with Gasteiger partial charge >= 0.3 is 0 Å². The Morgan fingerprint density at radius 2 is 1.44 bits per heavy atom. The molecule has 4 heteroatoms. The molecule has 0 bridgehead atoms. The van der Waals surface area contributed by atoms with E-state index in [-0.39, 0.29) is 11.9 Å². The zero-order valence-electron chi connectivity index (χ0n) is 13.6. The van der Waals surface area contributed by atoms with E-state index < -0.39 is 0 Å². The third-order valence-corrected chi connectivity index (χ3v) is 5.26. The number of fused-ring (bicyclic) bond motifs is 3. The van der Waals surface area contributed by atoms with Gasteiger partial charge in [-0.25, -0.2) is 0 Å². The molecule has 0 aliphatic heterocycles. The third-order valence-electron chi connectivity index (χ3n) is 4.57. The van der Waals surface area contributed by atoms with Gasteiger partial charge in [-0.1, -0.05) is 60.7 Å². The Morgan fingerprint density at radius 1 is 0.880 bits per heavy atom. The molecule has 3 nitrogen and oxygen atoms in total. The number of rotatable bonds is 4. The summed E-state index contributed by atoms with van der Waals surface area (Å²) in [6, 6.07) is 24.7. The fourth-order valence-corrected chi connectivity index (χ4v) is 3.82. The standard InChI is InChI=1S/C21H17BrN2O/c22-18-11-5-6-12-19(18)24-20(25)13-23-21-16-9-3-1-7-14(16)15-8-2-4-10-17(15)21/h1-12,21,23H,13H2,(H,24,25)/p+1. The molecular formula is C21H18BrN2O+. The van der Waals surface area contributed by atoms with Gasteiger partial charge in [0.1, 0.15) is 6.04 Å². The summed E-state index contributed by atoms with van der Waals surface area (Å²) in [5.41, 5.74) is 5.89. The number of carbonyl (C=O) groups excluding carboxylic acids is 1. The van der Waals surface area contributed by atoms with Crippen molar-refractivity contribution in [3.63, 3.8) is 0 Å². The minimum atomic E-state index is -0.00578. The summed E-state index contributed by atoms with van der Waals surface area (Å²) < 4.78 is 0.889. The van der Waals surface area contributed by atoms with Crippen LogP contribution in [0.3, 0.4) is 0 Å². The molecule has 3 aromatic rings. The number of nitrogens with two attached hydrogens (primary N) is 1. The lowest BCUT2D eigenvalue weighted by atomic mass is 10.1. The SMILES string of the molecule is O=C(C[NH2+]C1c2ccccc2-c2ccccc21)Nc1ccccc1Br. The molecule has 0 aromatic heterocycles. The second-order valence-electron chi connectivity index (χ2n) is 6.12. The number of anilines is 1. The molecule has 0 atom stereocenters. The summed E-state index contributed by atoms with van der Waals surface area (Å²) in [7, 11) is 0. The number of amides is 1. The predicted octanol–water partition coefficient (Wildman–Crippen LogP) is 3.72. The van der Waals surface area contributed by atoms with Crippen molar-refractivity contribution in [2.75, 3.05) is 11.9 Å². The van der Waals surface area contributed by atoms with Crippen LogP contribution >= 0.6 is 15.9 Å². The molecule has 0 saturated carbocycles. The second kappa shape index (κ2) is 6.82. The first kappa shape index (κ1) is 16.1. The van der Waals surface area contributed by atoms with Crippen molar-refractivity contribution < 1.29 is 10.1 Å². The van der Waals surface area contributed by atoms with Crippen LogP contribution < -0.4 is 10.6 Å². The molecule has 1 amide bonds. The van der Waals surface area contributed by atoms with Gasteiger partial charge in [0.2, 0.25) is 0 Å². The fraction of sp³-hybridized carbons (Fsp3) is 0.0952. The third kappa shape index (κ3) is 3.11. The lowest BCUT2D eigenvalue weighted by Crippen LogP contribution is -2.87. The zero-order valence-corrected chi connectivity index (χ0v) is 15.2. The smallest absolute Gasteiger partial charge is 0.279 e. The fourth-order valence-electron chi connectivity index (χ4n) is 3.44. The summed E-state index contributed by atoms with van der Waals surface area (Å²) >= 11 is 3.46. The average Bonchev–Trinajstić information content (AvgIpc) is 2.96. The molecule has 1 aliphatic rings. The number of hydrogen-bond donors (Lipinski definition) is 2. The van der Waals surface area contributed by atoms with Crippen molar-refractivity contribution in [2.45, 2.75) is 6.04 Å². The molecule has 0 radical (unpaired) electrons. The van der Waals surface area contributed by atoms with E-state index in [4.69, 9.17) is 0 Å². The minimum Gasteiger partial charge on any atom is -0.328 e. The molecule has 1 aliphatic carbocycles. The number of hydrogen-bond acceptors (Lipinski definition) is 1. The number of para-hydroxylation sites is 1. The highest BCUT2D eigenvalue weighted by Crippen LogP contribution is 2.40. The van der Waals surface area contributed by atoms with Crippen molar-refractivity contribution in [1.29, 1.82) is 0 Å². The van der Waals surface area contributed by atoms with Crippen molar-refractivity contribution >= 4 is 27.5 Å². The van der Waals surface area contributed by atoms with Gasteiger partial charge < -0.3 is 10.6 Å². The van der Waals surface area contributed by atoms with Gasteiger partial charge in [-0.2, -0.15) is 0 Å². The predicted molar refractivity (Wildman–Crippen MR) is 103 cm³/mol. The molecule has 0 fully saturated rings. The number of quaternary nitrogens is 1. The minimum absolute atomic E-state index is 0.00578. The summed E-state index contributed by atoms with van der Waals surface area (Å²) in [6.07, 6.45) is 0. The highest BCUT2D eigenvalue weighted by atomic mass is 79.9. The van der Waals surface area contributed by atoms with E-state index in [0.717, 1.165) is 10.2 Å². The largest absolute Gasteiger partial charge is 0.328 e. The van der Waals surface area contributed by atoms with Crippen LogP contribution in [0.1, 0.15) is 17.2 Å². The van der Waals surface area contributed by atoms with Gasteiger partial charge in [0, 0.05) is 15.6 Å². The first-order chi connectivity index (χ1) is 12.2. The van der Waals surface area contributed by atoms with Crippen LogP contribution in [-0.4, -0.2) is 12.5 Å². The first-order valence-corrected chi connectivity index (χ1v) is 9.09. The van der Waals surface area contributed by atoms with E-state index in [1.807, 2.05) is 24.3 Å². The van der Waals surface area contributed by atoms with E-state index in [9.17, 15) is 4.79 Å². The summed E-state index contributed by atoms with van der Waals surface area (Å²) in [5.74, 6) is -0.00578. The van der Waals surface area contributed by atoms with Crippen LogP contribution in [0, 0.1) is 0 Å². The maximum Gasteiger partial charge on any atom is 0.279 e.